The van der Waals surface area contributed by atoms with Crippen LogP contribution in [0.3, 0.4) is 0 Å². The molecule has 1 aromatic rings. The molecule has 0 radical (unpaired) electrons. The van der Waals surface area contributed by atoms with Gasteiger partial charge in [-0.2, -0.15) is 0 Å². The van der Waals surface area contributed by atoms with Gasteiger partial charge in [-0.3, -0.25) is 9.80 Å². The van der Waals surface area contributed by atoms with Crippen LogP contribution in [0.25, 0.3) is 0 Å². The lowest BCUT2D eigenvalue weighted by atomic mass is 9.88. The summed E-state index contributed by atoms with van der Waals surface area (Å²) < 4.78 is 11.0. The molecule has 2 fully saturated rings. The second kappa shape index (κ2) is 5.96. The van der Waals surface area contributed by atoms with Crippen molar-refractivity contribution in [2.24, 2.45) is 16.1 Å². The van der Waals surface area contributed by atoms with Crippen molar-refractivity contribution in [2.45, 2.75) is 37.6 Å². The molecule has 0 aromatic heterocycles. The normalized spacial score (nSPS) is 29.6. The summed E-state index contributed by atoms with van der Waals surface area (Å²) >= 11 is 0. The maximum absolute atomic E-state index is 11.2. The maximum atomic E-state index is 11.2. The molecule has 3 aliphatic rings. The number of carbonyl (C=O) groups is 2. The Hall–Kier alpha value is -3.08. The lowest BCUT2D eigenvalue weighted by molar-refractivity contribution is -0.116. The Bertz CT molecular complexity index is 905. The molecule has 11 heteroatoms. The summed E-state index contributed by atoms with van der Waals surface area (Å²) in [5.74, 6) is -1.08. The van der Waals surface area contributed by atoms with E-state index in [1.807, 2.05) is 4.90 Å². The number of nitrogens with zero attached hydrogens (tertiary/aromatic N) is 4. The number of aryl methyl sites for hydroxylation is 1. The standard InChI is InChI=1S/C17H21N5O6/c1-7-4-11(24)12-9(6-28-16(18)26)17(27-3)15-10(22(15)20-19-8(2)23)5-21(17)13(12)14(7)25/h4,9-10,15,24-25H,5-6H2,1-3H3,(H2,18,26). The molecule has 4 rings (SSSR count). The fourth-order valence-corrected chi connectivity index (χ4v) is 4.65. The Kier molecular flexibility index (Phi) is 3.89. The van der Waals surface area contributed by atoms with Crippen molar-refractivity contribution in [3.05, 3.63) is 17.2 Å². The summed E-state index contributed by atoms with van der Waals surface area (Å²) in [6.07, 6.45) is -0.958. The third-order valence-electron chi connectivity index (χ3n) is 5.72. The lowest BCUT2D eigenvalue weighted by Crippen LogP contribution is -2.54. The maximum Gasteiger partial charge on any atom is 0.404 e. The predicted molar refractivity (Wildman–Crippen MR) is 94.8 cm³/mol. The summed E-state index contributed by atoms with van der Waals surface area (Å²) in [6.45, 7) is 3.24. The molecular formula is C17H21N5O6. The average molecular weight is 391 g/mol. The molecule has 28 heavy (non-hydrogen) atoms. The molecule has 0 saturated carbocycles. The highest BCUT2D eigenvalue weighted by atomic mass is 16.6. The Morgan fingerprint density at radius 1 is 1.43 bits per heavy atom. The van der Waals surface area contributed by atoms with Crippen molar-refractivity contribution in [1.82, 2.24) is 5.01 Å². The molecular weight excluding hydrogens is 370 g/mol. The van der Waals surface area contributed by atoms with Crippen molar-refractivity contribution in [1.29, 1.82) is 0 Å². The van der Waals surface area contributed by atoms with Crippen LogP contribution in [-0.4, -0.2) is 65.3 Å². The smallest absolute Gasteiger partial charge is 0.404 e. The first-order chi connectivity index (χ1) is 13.2. The van der Waals surface area contributed by atoms with E-state index in [0.29, 0.717) is 23.4 Å². The van der Waals surface area contributed by atoms with Gasteiger partial charge in [0.15, 0.2) is 5.72 Å². The number of hydrogen-bond acceptors (Lipinski definition) is 8. The highest BCUT2D eigenvalue weighted by molar-refractivity contribution is 5.79. The number of nitrogens with two attached hydrogens (primary N) is 1. The minimum atomic E-state index is -1.08. The van der Waals surface area contributed by atoms with Gasteiger partial charge in [0.2, 0.25) is 0 Å². The molecule has 4 N–H and O–H groups in total. The van der Waals surface area contributed by atoms with Crippen LogP contribution < -0.4 is 10.6 Å². The fourth-order valence-electron chi connectivity index (χ4n) is 4.65. The van der Waals surface area contributed by atoms with Gasteiger partial charge in [0, 0.05) is 26.1 Å². The Labute approximate surface area is 160 Å². The lowest BCUT2D eigenvalue weighted by Gasteiger charge is -2.39. The van der Waals surface area contributed by atoms with E-state index in [0.717, 1.165) is 0 Å². The monoisotopic (exact) mass is 391 g/mol. The van der Waals surface area contributed by atoms with Crippen molar-refractivity contribution >= 4 is 17.7 Å². The zero-order valence-corrected chi connectivity index (χ0v) is 15.6. The van der Waals surface area contributed by atoms with Crippen LogP contribution in [0, 0.1) is 6.92 Å². The molecule has 4 unspecified atom stereocenters. The number of amides is 2. The second-order valence-electron chi connectivity index (χ2n) is 7.17. The minimum Gasteiger partial charge on any atom is -0.508 e. The van der Waals surface area contributed by atoms with Crippen LogP contribution in [0.15, 0.2) is 16.4 Å². The van der Waals surface area contributed by atoms with Crippen LogP contribution in [0.1, 0.15) is 24.0 Å². The number of phenolic OH excluding ortho intramolecular Hbond substituents is 2. The van der Waals surface area contributed by atoms with Gasteiger partial charge >= 0.3 is 6.09 Å². The van der Waals surface area contributed by atoms with Gasteiger partial charge < -0.3 is 30.3 Å². The number of anilines is 1. The first-order valence-electron chi connectivity index (χ1n) is 8.75. The van der Waals surface area contributed by atoms with Crippen LogP contribution in [0.4, 0.5) is 10.5 Å². The van der Waals surface area contributed by atoms with Gasteiger partial charge in [-0.15, -0.1) is 0 Å². The van der Waals surface area contributed by atoms with E-state index in [9.17, 15) is 19.8 Å². The first kappa shape index (κ1) is 18.3. The minimum absolute atomic E-state index is 0.0222. The van der Waals surface area contributed by atoms with E-state index in [2.05, 4.69) is 10.3 Å². The SMILES string of the molecule is COC12C(COC(N)=O)c3c(O)cc(C)c(O)c3N1CC1C2N1N=NC(C)=O. The van der Waals surface area contributed by atoms with Crippen LogP contribution in [0.5, 0.6) is 11.5 Å². The molecule has 3 heterocycles. The quantitative estimate of drug-likeness (QED) is 0.386. The van der Waals surface area contributed by atoms with Crippen LogP contribution in [-0.2, 0) is 14.3 Å². The van der Waals surface area contributed by atoms with Gasteiger partial charge in [-0.05, 0) is 18.6 Å². The third kappa shape index (κ3) is 2.25. The number of benzene rings is 1. The summed E-state index contributed by atoms with van der Waals surface area (Å²) in [5, 5.41) is 30.5. The Balaban J connectivity index is 1.82. The third-order valence-corrected chi connectivity index (χ3v) is 5.72. The number of methoxy groups -OCH3 is 1. The van der Waals surface area contributed by atoms with Gasteiger partial charge in [-0.25, -0.2) is 4.79 Å². The highest BCUT2D eigenvalue weighted by Gasteiger charge is 2.76. The number of fused-ring (bicyclic) bond motifs is 5. The summed E-state index contributed by atoms with van der Waals surface area (Å²) in [5.41, 5.74) is 5.43. The van der Waals surface area contributed by atoms with Gasteiger partial charge in [-0.1, -0.05) is 10.3 Å². The number of aromatic hydroxyl groups is 2. The van der Waals surface area contributed by atoms with Crippen molar-refractivity contribution in [3.8, 4) is 11.5 Å². The first-order valence-corrected chi connectivity index (χ1v) is 8.75. The van der Waals surface area contributed by atoms with E-state index in [1.165, 1.54) is 20.1 Å². The molecule has 2 amide bonds. The number of carbonyl (C=O) groups excluding carboxylic acids is 2. The molecule has 0 spiro atoms. The number of ether oxygens (including phenoxy) is 2. The molecule has 0 aliphatic carbocycles. The number of hydrogen-bond donors (Lipinski definition) is 3. The predicted octanol–water partition coefficient (Wildman–Crippen LogP) is 0.728. The Morgan fingerprint density at radius 2 is 2.14 bits per heavy atom. The highest BCUT2D eigenvalue weighted by Crippen LogP contribution is 2.64. The zero-order valence-electron chi connectivity index (χ0n) is 15.6. The largest absolute Gasteiger partial charge is 0.508 e. The molecule has 150 valence electrons. The van der Waals surface area contributed by atoms with Crippen molar-refractivity contribution < 1.29 is 29.3 Å². The molecule has 11 nitrogen and oxygen atoms in total. The van der Waals surface area contributed by atoms with Crippen LogP contribution in [0.2, 0.25) is 0 Å². The molecule has 3 aliphatic heterocycles. The van der Waals surface area contributed by atoms with E-state index in [-0.39, 0.29) is 30.2 Å². The van der Waals surface area contributed by atoms with E-state index in [1.54, 1.807) is 11.9 Å². The fraction of sp³-hybridized carbons (Fsp3) is 0.529. The molecule has 1 aromatic carbocycles. The summed E-state index contributed by atoms with van der Waals surface area (Å²) in [4.78, 5) is 24.3. The van der Waals surface area contributed by atoms with E-state index < -0.39 is 23.6 Å². The number of piperazine rings is 1. The van der Waals surface area contributed by atoms with Crippen molar-refractivity contribution in [2.75, 3.05) is 25.2 Å². The van der Waals surface area contributed by atoms with Crippen molar-refractivity contribution in [3.63, 3.8) is 0 Å². The molecule has 2 saturated heterocycles. The number of phenols is 2. The van der Waals surface area contributed by atoms with Gasteiger partial charge in [0.1, 0.15) is 24.1 Å². The van der Waals surface area contributed by atoms with Gasteiger partial charge in [0.25, 0.3) is 5.91 Å². The average Bonchev–Trinajstić information content (AvgIpc) is 3.07. The topological polar surface area (TPSA) is 150 Å². The van der Waals surface area contributed by atoms with Gasteiger partial charge in [0.05, 0.1) is 17.6 Å². The number of rotatable bonds is 4. The zero-order chi connectivity index (χ0) is 20.4. The molecule has 0 bridgehead atoms. The van der Waals surface area contributed by atoms with Crippen LogP contribution >= 0.6 is 0 Å². The summed E-state index contributed by atoms with van der Waals surface area (Å²) in [6, 6.07) is 1.04. The summed E-state index contributed by atoms with van der Waals surface area (Å²) in [7, 11) is 1.50. The number of primary amides is 1. The van der Waals surface area contributed by atoms with E-state index in [4.69, 9.17) is 15.2 Å². The van der Waals surface area contributed by atoms with E-state index >= 15 is 0 Å². The molecule has 4 atom stereocenters. The Morgan fingerprint density at radius 3 is 2.75 bits per heavy atom. The second-order valence-corrected chi connectivity index (χ2v) is 7.17.